The zero-order chi connectivity index (χ0) is 15.9. The van der Waals surface area contributed by atoms with Crippen LogP contribution in [0.15, 0.2) is 64.4 Å². The highest BCUT2D eigenvalue weighted by Crippen LogP contribution is 2.26. The molecule has 0 unspecified atom stereocenters. The Hall–Kier alpha value is -2.33. The highest BCUT2D eigenvalue weighted by molar-refractivity contribution is 7.13. The van der Waals surface area contributed by atoms with Gasteiger partial charge in [-0.2, -0.15) is 0 Å². The number of thiophene rings is 1. The lowest BCUT2D eigenvalue weighted by Crippen LogP contribution is -2.22. The fourth-order valence-corrected chi connectivity index (χ4v) is 3.08. The first-order valence-electron chi connectivity index (χ1n) is 7.74. The maximum atomic E-state index is 11.9. The number of aryl methyl sites for hydroxylation is 1. The van der Waals surface area contributed by atoms with Crippen LogP contribution >= 0.6 is 11.3 Å². The second-order valence-electron chi connectivity index (χ2n) is 5.36. The van der Waals surface area contributed by atoms with E-state index < -0.39 is 0 Å². The van der Waals surface area contributed by atoms with Crippen LogP contribution in [0.2, 0.25) is 0 Å². The molecule has 0 radical (unpaired) electrons. The monoisotopic (exact) mass is 325 g/mol. The van der Waals surface area contributed by atoms with E-state index in [0.717, 1.165) is 29.2 Å². The van der Waals surface area contributed by atoms with Crippen molar-refractivity contribution in [1.82, 2.24) is 5.32 Å². The Kier molecular flexibility index (Phi) is 5.27. The van der Waals surface area contributed by atoms with Gasteiger partial charge in [0.15, 0.2) is 0 Å². The van der Waals surface area contributed by atoms with Gasteiger partial charge in [0.25, 0.3) is 0 Å². The molecule has 0 bridgehead atoms. The fourth-order valence-electron chi connectivity index (χ4n) is 2.40. The first-order valence-corrected chi connectivity index (χ1v) is 8.62. The molecule has 0 spiro atoms. The highest BCUT2D eigenvalue weighted by atomic mass is 32.1. The number of carbonyl (C=O) groups is 1. The molecule has 3 nitrogen and oxygen atoms in total. The van der Waals surface area contributed by atoms with E-state index in [4.69, 9.17) is 4.42 Å². The average Bonchev–Trinajstić information content (AvgIpc) is 3.25. The summed E-state index contributed by atoms with van der Waals surface area (Å²) in [4.78, 5) is 13.0. The minimum Gasteiger partial charge on any atom is -0.458 e. The quantitative estimate of drug-likeness (QED) is 0.687. The van der Waals surface area contributed by atoms with E-state index >= 15 is 0 Å². The Bertz CT molecular complexity index is 732. The number of nitrogens with one attached hydrogen (secondary N) is 1. The van der Waals surface area contributed by atoms with Crippen molar-refractivity contribution in [3.63, 3.8) is 0 Å². The van der Waals surface area contributed by atoms with Gasteiger partial charge < -0.3 is 9.73 Å². The molecule has 0 atom stereocenters. The minimum atomic E-state index is 0.0648. The molecule has 0 saturated heterocycles. The van der Waals surface area contributed by atoms with Gasteiger partial charge in [-0.3, -0.25) is 4.79 Å². The summed E-state index contributed by atoms with van der Waals surface area (Å²) in [6.45, 7) is 0.440. The number of benzene rings is 1. The van der Waals surface area contributed by atoms with Crippen LogP contribution in [-0.2, 0) is 17.8 Å². The lowest BCUT2D eigenvalue weighted by atomic mass is 10.1. The number of rotatable bonds is 7. The molecule has 0 aliphatic heterocycles. The van der Waals surface area contributed by atoms with Gasteiger partial charge in [-0.15, -0.1) is 11.3 Å². The molecular weight excluding hydrogens is 306 g/mol. The van der Waals surface area contributed by atoms with E-state index in [0.29, 0.717) is 13.0 Å². The molecule has 0 saturated carbocycles. The summed E-state index contributed by atoms with van der Waals surface area (Å²) in [5.41, 5.74) is 1.27. The molecule has 23 heavy (non-hydrogen) atoms. The second-order valence-corrected chi connectivity index (χ2v) is 6.31. The largest absolute Gasteiger partial charge is 0.458 e. The predicted molar refractivity (Wildman–Crippen MR) is 93.2 cm³/mol. The van der Waals surface area contributed by atoms with Crippen molar-refractivity contribution in [2.45, 2.75) is 25.8 Å². The maximum Gasteiger partial charge on any atom is 0.220 e. The summed E-state index contributed by atoms with van der Waals surface area (Å²) in [5, 5.41) is 4.93. The molecule has 1 aromatic carbocycles. The van der Waals surface area contributed by atoms with E-state index in [-0.39, 0.29) is 5.91 Å². The van der Waals surface area contributed by atoms with Gasteiger partial charge >= 0.3 is 0 Å². The van der Waals surface area contributed by atoms with Crippen molar-refractivity contribution < 1.29 is 9.21 Å². The van der Waals surface area contributed by atoms with E-state index in [1.165, 1.54) is 5.56 Å². The summed E-state index contributed by atoms with van der Waals surface area (Å²) in [7, 11) is 0. The lowest BCUT2D eigenvalue weighted by molar-refractivity contribution is -0.121. The van der Waals surface area contributed by atoms with Crippen LogP contribution in [-0.4, -0.2) is 5.91 Å². The van der Waals surface area contributed by atoms with Crippen molar-refractivity contribution in [2.24, 2.45) is 0 Å². The molecule has 1 N–H and O–H groups in total. The van der Waals surface area contributed by atoms with E-state index in [1.807, 2.05) is 47.8 Å². The third-order valence-electron chi connectivity index (χ3n) is 3.60. The Labute approximate surface area is 140 Å². The molecule has 1 amide bonds. The van der Waals surface area contributed by atoms with Crippen LogP contribution in [0.5, 0.6) is 0 Å². The Morgan fingerprint density at radius 1 is 1.04 bits per heavy atom. The van der Waals surface area contributed by atoms with Crippen LogP contribution in [0.1, 0.15) is 24.2 Å². The summed E-state index contributed by atoms with van der Waals surface area (Å²) in [6, 6.07) is 18.1. The summed E-state index contributed by atoms with van der Waals surface area (Å²) < 4.78 is 5.75. The fraction of sp³-hybridized carbons (Fsp3) is 0.211. The minimum absolute atomic E-state index is 0.0648. The molecule has 0 fully saturated rings. The van der Waals surface area contributed by atoms with Crippen molar-refractivity contribution in [3.8, 4) is 10.6 Å². The first-order chi connectivity index (χ1) is 11.3. The molecule has 0 aliphatic rings. The average molecular weight is 325 g/mol. The molecule has 3 rings (SSSR count). The highest BCUT2D eigenvalue weighted by Gasteiger charge is 2.07. The normalized spacial score (nSPS) is 10.6. The third-order valence-corrected chi connectivity index (χ3v) is 4.48. The molecule has 118 valence electrons. The molecular formula is C19H19NO2S. The van der Waals surface area contributed by atoms with Gasteiger partial charge in [0.05, 0.1) is 11.4 Å². The molecule has 3 aromatic rings. The van der Waals surface area contributed by atoms with Gasteiger partial charge in [0.1, 0.15) is 11.5 Å². The number of furan rings is 1. The zero-order valence-electron chi connectivity index (χ0n) is 12.8. The SMILES string of the molecule is O=C(CCCc1ccccc1)NCc1ccc(-c2cccs2)o1. The van der Waals surface area contributed by atoms with Crippen LogP contribution < -0.4 is 5.32 Å². The maximum absolute atomic E-state index is 11.9. The Morgan fingerprint density at radius 3 is 2.70 bits per heavy atom. The first kappa shape index (κ1) is 15.6. The standard InChI is InChI=1S/C19H19NO2S/c21-19(10-4-8-15-6-2-1-3-7-15)20-14-16-11-12-17(22-16)18-9-5-13-23-18/h1-3,5-7,9,11-13H,4,8,10,14H2,(H,20,21). The van der Waals surface area contributed by atoms with Crippen LogP contribution in [0.3, 0.4) is 0 Å². The number of amides is 1. The molecule has 0 aliphatic carbocycles. The molecule has 4 heteroatoms. The smallest absolute Gasteiger partial charge is 0.220 e. The third kappa shape index (κ3) is 4.57. The van der Waals surface area contributed by atoms with Crippen LogP contribution in [0.4, 0.5) is 0 Å². The van der Waals surface area contributed by atoms with Gasteiger partial charge in [-0.25, -0.2) is 0 Å². The van der Waals surface area contributed by atoms with Crippen molar-refractivity contribution in [3.05, 3.63) is 71.3 Å². The van der Waals surface area contributed by atoms with E-state index in [1.54, 1.807) is 11.3 Å². The van der Waals surface area contributed by atoms with E-state index in [9.17, 15) is 4.79 Å². The predicted octanol–water partition coefficient (Wildman–Crippen LogP) is 4.65. The molecule has 2 heterocycles. The summed E-state index contributed by atoms with van der Waals surface area (Å²) in [5.74, 6) is 1.70. The number of carbonyl (C=O) groups excluding carboxylic acids is 1. The van der Waals surface area contributed by atoms with Gasteiger partial charge in [0.2, 0.25) is 5.91 Å². The van der Waals surface area contributed by atoms with Gasteiger partial charge in [-0.1, -0.05) is 36.4 Å². The van der Waals surface area contributed by atoms with Crippen molar-refractivity contribution in [1.29, 1.82) is 0 Å². The van der Waals surface area contributed by atoms with Crippen molar-refractivity contribution >= 4 is 17.2 Å². The zero-order valence-corrected chi connectivity index (χ0v) is 13.6. The van der Waals surface area contributed by atoms with Crippen LogP contribution in [0.25, 0.3) is 10.6 Å². The van der Waals surface area contributed by atoms with Gasteiger partial charge in [0, 0.05) is 6.42 Å². The van der Waals surface area contributed by atoms with E-state index in [2.05, 4.69) is 17.4 Å². The number of hydrogen-bond acceptors (Lipinski definition) is 3. The van der Waals surface area contributed by atoms with Crippen LogP contribution in [0, 0.1) is 0 Å². The summed E-state index contributed by atoms with van der Waals surface area (Å²) >= 11 is 1.64. The summed E-state index contributed by atoms with van der Waals surface area (Å²) in [6.07, 6.45) is 2.32. The van der Waals surface area contributed by atoms with Gasteiger partial charge in [-0.05, 0) is 42.0 Å². The topological polar surface area (TPSA) is 42.2 Å². The Balaban J connectivity index is 1.41. The van der Waals surface area contributed by atoms with Crippen molar-refractivity contribution in [2.75, 3.05) is 0 Å². The number of hydrogen-bond donors (Lipinski definition) is 1. The second kappa shape index (κ2) is 7.79. The lowest BCUT2D eigenvalue weighted by Gasteiger charge is -2.04. The Morgan fingerprint density at radius 2 is 1.91 bits per heavy atom. The molecule has 2 aromatic heterocycles.